The molecule has 0 aliphatic carbocycles. The van der Waals surface area contributed by atoms with Gasteiger partial charge in [0.2, 0.25) is 0 Å². The summed E-state index contributed by atoms with van der Waals surface area (Å²) in [7, 11) is 1.64. The number of hydrazine groups is 1. The predicted molar refractivity (Wildman–Crippen MR) is 98.1 cm³/mol. The quantitative estimate of drug-likeness (QED) is 0.379. The first-order chi connectivity index (χ1) is 11.6. The lowest BCUT2D eigenvalue weighted by atomic mass is 10.1. The summed E-state index contributed by atoms with van der Waals surface area (Å²) in [5.74, 6) is -0.431. The molecule has 122 valence electrons. The Labute approximate surface area is 147 Å². The van der Waals surface area contributed by atoms with Crippen molar-refractivity contribution in [3.05, 3.63) is 52.5 Å². The number of amides is 2. The minimum Gasteiger partial charge on any atom is -0.328 e. The van der Waals surface area contributed by atoms with Crippen LogP contribution >= 0.6 is 23.6 Å². The van der Waals surface area contributed by atoms with E-state index in [-0.39, 0.29) is 11.8 Å². The molecule has 1 aromatic carbocycles. The van der Waals surface area contributed by atoms with Crippen LogP contribution in [0.5, 0.6) is 0 Å². The van der Waals surface area contributed by atoms with E-state index in [0.29, 0.717) is 16.4 Å². The van der Waals surface area contributed by atoms with Gasteiger partial charge in [-0.3, -0.25) is 20.3 Å². The normalized spacial score (nSPS) is 15.3. The molecular weight excluding hydrogens is 344 g/mol. The van der Waals surface area contributed by atoms with E-state index < -0.39 is 0 Å². The summed E-state index contributed by atoms with van der Waals surface area (Å²) in [5.41, 5.74) is 7.09. The molecule has 3 rings (SSSR count). The molecule has 1 fully saturated rings. The number of thiocarbonyl (C=S) groups is 1. The molecule has 0 saturated carbocycles. The van der Waals surface area contributed by atoms with Gasteiger partial charge < -0.3 is 5.32 Å². The fraction of sp³-hybridized carbons (Fsp3) is 0.0625. The van der Waals surface area contributed by atoms with Crippen molar-refractivity contribution in [1.29, 1.82) is 0 Å². The van der Waals surface area contributed by atoms with Crippen LogP contribution in [0.25, 0.3) is 16.5 Å². The first-order valence-electron chi connectivity index (χ1n) is 7.08. The number of nitrogens with one attached hydrogen (secondary N) is 4. The molecule has 2 amide bonds. The van der Waals surface area contributed by atoms with Gasteiger partial charge in [-0.25, -0.2) is 5.43 Å². The number of carbonyl (C=O) groups excluding carboxylic acids is 2. The lowest BCUT2D eigenvalue weighted by molar-refractivity contribution is -0.115. The highest BCUT2D eigenvalue weighted by atomic mass is 32.1. The summed E-state index contributed by atoms with van der Waals surface area (Å²) in [6.07, 6.45) is 1.75. The van der Waals surface area contributed by atoms with E-state index in [4.69, 9.17) is 12.2 Å². The van der Waals surface area contributed by atoms with Gasteiger partial charge in [-0.15, -0.1) is 11.3 Å². The summed E-state index contributed by atoms with van der Waals surface area (Å²) in [4.78, 5) is 25.5. The Morgan fingerprint density at radius 2 is 2.08 bits per heavy atom. The highest BCUT2D eigenvalue weighted by Crippen LogP contribution is 2.30. The molecule has 6 nitrogen and oxygen atoms in total. The van der Waals surface area contributed by atoms with Gasteiger partial charge in [0.25, 0.3) is 11.8 Å². The first kappa shape index (κ1) is 16.3. The maximum absolute atomic E-state index is 11.9. The number of thiophene rings is 1. The van der Waals surface area contributed by atoms with Gasteiger partial charge in [0.15, 0.2) is 5.11 Å². The molecule has 0 unspecified atom stereocenters. The van der Waals surface area contributed by atoms with Crippen molar-refractivity contribution in [2.75, 3.05) is 7.05 Å². The maximum atomic E-state index is 11.9. The number of benzene rings is 1. The summed E-state index contributed by atoms with van der Waals surface area (Å²) in [5, 5.41) is 5.65. The van der Waals surface area contributed by atoms with E-state index >= 15 is 0 Å². The fourth-order valence-electron chi connectivity index (χ4n) is 2.21. The van der Waals surface area contributed by atoms with Crippen molar-refractivity contribution in [2.24, 2.45) is 0 Å². The third kappa shape index (κ3) is 3.51. The molecular formula is C16H14N4O2S2. The van der Waals surface area contributed by atoms with E-state index in [1.165, 1.54) is 11.3 Å². The summed E-state index contributed by atoms with van der Waals surface area (Å²) >= 11 is 6.43. The van der Waals surface area contributed by atoms with Gasteiger partial charge in [0.05, 0.1) is 0 Å². The fourth-order valence-corrected chi connectivity index (χ4v) is 3.36. The Kier molecular flexibility index (Phi) is 4.70. The standard InChI is InChI=1S/C16H14N4O2S2/c1-17-20-14(21)10-4-2-3-9(7-10)13-6-5-11(24-13)8-12-15(22)19-16(23)18-12/h2-8,17H,1H3,(H,20,21)(H2,18,19,22,23). The summed E-state index contributed by atoms with van der Waals surface area (Å²) in [6.45, 7) is 0. The minimum absolute atomic E-state index is 0.196. The topological polar surface area (TPSA) is 82.3 Å². The Balaban J connectivity index is 1.85. The SMILES string of the molecule is CNNC(=O)c1cccc(-c2ccc(C=C3NC(=S)NC3=O)s2)c1. The molecule has 1 saturated heterocycles. The number of hydrogen-bond acceptors (Lipinski definition) is 5. The van der Waals surface area contributed by atoms with Gasteiger partial charge in [-0.1, -0.05) is 12.1 Å². The van der Waals surface area contributed by atoms with Gasteiger partial charge in [0.1, 0.15) is 5.70 Å². The smallest absolute Gasteiger partial charge is 0.273 e. The van der Waals surface area contributed by atoms with Crippen LogP contribution in [0.4, 0.5) is 0 Å². The maximum Gasteiger partial charge on any atom is 0.273 e. The largest absolute Gasteiger partial charge is 0.328 e. The van der Waals surface area contributed by atoms with Crippen molar-refractivity contribution in [3.63, 3.8) is 0 Å². The lowest BCUT2D eigenvalue weighted by Gasteiger charge is -2.04. The Bertz CT molecular complexity index is 857. The van der Waals surface area contributed by atoms with Gasteiger partial charge >= 0.3 is 0 Å². The number of rotatable bonds is 4. The molecule has 1 aliphatic rings. The molecule has 24 heavy (non-hydrogen) atoms. The molecule has 1 aliphatic heterocycles. The summed E-state index contributed by atoms with van der Waals surface area (Å²) < 4.78 is 0. The zero-order chi connectivity index (χ0) is 17.1. The van der Waals surface area contributed by atoms with E-state index in [1.54, 1.807) is 19.2 Å². The molecule has 0 bridgehead atoms. The van der Waals surface area contributed by atoms with E-state index in [0.717, 1.165) is 15.3 Å². The molecule has 8 heteroatoms. The number of hydrogen-bond donors (Lipinski definition) is 4. The van der Waals surface area contributed by atoms with Crippen molar-refractivity contribution in [1.82, 2.24) is 21.5 Å². The minimum atomic E-state index is -0.235. The van der Waals surface area contributed by atoms with Crippen molar-refractivity contribution in [2.45, 2.75) is 0 Å². The Morgan fingerprint density at radius 3 is 2.79 bits per heavy atom. The van der Waals surface area contributed by atoms with Gasteiger partial charge in [0, 0.05) is 22.4 Å². The highest BCUT2D eigenvalue weighted by molar-refractivity contribution is 7.80. The first-order valence-corrected chi connectivity index (χ1v) is 8.30. The van der Waals surface area contributed by atoms with Crippen LogP contribution in [0.15, 0.2) is 42.1 Å². The van der Waals surface area contributed by atoms with Crippen LogP contribution in [-0.4, -0.2) is 24.0 Å². The third-order valence-electron chi connectivity index (χ3n) is 3.28. The molecule has 1 aromatic heterocycles. The molecule has 0 radical (unpaired) electrons. The second-order valence-corrected chi connectivity index (χ2v) is 6.48. The van der Waals surface area contributed by atoms with E-state index in [2.05, 4.69) is 21.5 Å². The molecule has 2 aromatic rings. The monoisotopic (exact) mass is 358 g/mol. The Morgan fingerprint density at radius 1 is 1.25 bits per heavy atom. The second-order valence-electron chi connectivity index (χ2n) is 4.95. The van der Waals surface area contributed by atoms with E-state index in [1.807, 2.05) is 30.3 Å². The van der Waals surface area contributed by atoms with Crippen molar-refractivity contribution < 1.29 is 9.59 Å². The van der Waals surface area contributed by atoms with Gasteiger partial charge in [-0.2, -0.15) is 0 Å². The average molecular weight is 358 g/mol. The lowest BCUT2D eigenvalue weighted by Crippen LogP contribution is -2.34. The third-order valence-corrected chi connectivity index (χ3v) is 4.57. The van der Waals surface area contributed by atoms with Crippen molar-refractivity contribution >= 4 is 46.6 Å². The highest BCUT2D eigenvalue weighted by Gasteiger charge is 2.20. The molecule has 0 spiro atoms. The molecule has 2 heterocycles. The second kappa shape index (κ2) is 6.91. The zero-order valence-electron chi connectivity index (χ0n) is 12.7. The zero-order valence-corrected chi connectivity index (χ0v) is 14.3. The van der Waals surface area contributed by atoms with Crippen LogP contribution < -0.4 is 21.5 Å². The van der Waals surface area contributed by atoms with E-state index in [9.17, 15) is 9.59 Å². The number of carbonyl (C=O) groups is 2. The van der Waals surface area contributed by atoms with Crippen LogP contribution in [0, 0.1) is 0 Å². The van der Waals surface area contributed by atoms with Crippen LogP contribution in [0.3, 0.4) is 0 Å². The van der Waals surface area contributed by atoms with Crippen molar-refractivity contribution in [3.8, 4) is 10.4 Å². The Hall–Kier alpha value is -2.55. The molecule has 0 atom stereocenters. The summed E-state index contributed by atoms with van der Waals surface area (Å²) in [6, 6.07) is 11.2. The predicted octanol–water partition coefficient (Wildman–Crippen LogP) is 1.62. The molecule has 4 N–H and O–H groups in total. The average Bonchev–Trinajstić information content (AvgIpc) is 3.15. The van der Waals surface area contributed by atoms with Crippen LogP contribution in [0.1, 0.15) is 15.2 Å². The van der Waals surface area contributed by atoms with Gasteiger partial charge in [-0.05, 0) is 48.1 Å². The van der Waals surface area contributed by atoms with Crippen LogP contribution in [-0.2, 0) is 4.79 Å². The van der Waals surface area contributed by atoms with Crippen LogP contribution in [0.2, 0.25) is 0 Å².